The fraction of sp³-hybridized carbons (Fsp3) is 0. The summed E-state index contributed by atoms with van der Waals surface area (Å²) in [6.07, 6.45) is 0. The zero-order chi connectivity index (χ0) is 12.1. The van der Waals surface area contributed by atoms with Crippen molar-refractivity contribution in [2.75, 3.05) is 0 Å². The third kappa shape index (κ3) is 1.39. The first-order valence-electron chi connectivity index (χ1n) is 5.82. The molecule has 0 saturated carbocycles. The number of rotatable bonds is 0. The van der Waals surface area contributed by atoms with Crippen LogP contribution in [0.3, 0.4) is 0 Å². The lowest BCUT2D eigenvalue weighted by molar-refractivity contribution is 0.669. The third-order valence-electron chi connectivity index (χ3n) is 3.30. The number of hydrogen-bond acceptors (Lipinski definition) is 1. The summed E-state index contributed by atoms with van der Waals surface area (Å²) in [5.74, 6) is 0. The van der Waals surface area contributed by atoms with Crippen LogP contribution in [0.5, 0.6) is 0 Å². The molecule has 0 atom stereocenters. The van der Waals surface area contributed by atoms with Crippen molar-refractivity contribution in [2.45, 2.75) is 0 Å². The second-order valence-electron chi connectivity index (χ2n) is 4.44. The van der Waals surface area contributed by atoms with Gasteiger partial charge >= 0.3 is 0 Å². The molecule has 0 aliphatic rings. The number of hydrogen-bond donors (Lipinski definition) is 0. The Morgan fingerprint density at radius 1 is 0.722 bits per heavy atom. The Labute approximate surface area is 112 Å². The summed E-state index contributed by atoms with van der Waals surface area (Å²) in [5, 5.41) is 4.80. The molecule has 2 heteroatoms. The van der Waals surface area contributed by atoms with Gasteiger partial charge in [0.2, 0.25) is 0 Å². The van der Waals surface area contributed by atoms with E-state index in [0.29, 0.717) is 0 Å². The average Bonchev–Trinajstić information content (AvgIpc) is 2.72. The zero-order valence-corrected chi connectivity index (χ0v) is 11.1. The molecule has 4 rings (SSSR count). The standard InChI is InChI=1S/C16H9BrO/c17-12-5-6-13-14-7-10-3-1-2-4-11(10)8-15(14)18-16(13)9-12/h1-9H. The van der Waals surface area contributed by atoms with Gasteiger partial charge in [-0.15, -0.1) is 0 Å². The van der Waals surface area contributed by atoms with Gasteiger partial charge in [-0.25, -0.2) is 0 Å². The van der Waals surface area contributed by atoms with Gasteiger partial charge in [-0.3, -0.25) is 0 Å². The maximum Gasteiger partial charge on any atom is 0.136 e. The first-order valence-corrected chi connectivity index (χ1v) is 6.61. The van der Waals surface area contributed by atoms with E-state index in [2.05, 4.69) is 52.3 Å². The van der Waals surface area contributed by atoms with Crippen LogP contribution in [0.15, 0.2) is 63.5 Å². The first kappa shape index (κ1) is 10.2. The zero-order valence-electron chi connectivity index (χ0n) is 9.48. The first-order chi connectivity index (χ1) is 8.81. The molecule has 1 aromatic heterocycles. The molecule has 0 unspecified atom stereocenters. The summed E-state index contributed by atoms with van der Waals surface area (Å²) in [5.41, 5.74) is 1.87. The fourth-order valence-corrected chi connectivity index (χ4v) is 2.78. The van der Waals surface area contributed by atoms with Crippen LogP contribution in [0.4, 0.5) is 0 Å². The van der Waals surface area contributed by atoms with Crippen molar-refractivity contribution in [1.82, 2.24) is 0 Å². The Morgan fingerprint density at radius 3 is 2.28 bits per heavy atom. The quantitative estimate of drug-likeness (QED) is 0.417. The van der Waals surface area contributed by atoms with Crippen LogP contribution in [0, 0.1) is 0 Å². The van der Waals surface area contributed by atoms with Gasteiger partial charge in [0.05, 0.1) is 0 Å². The Hall–Kier alpha value is -1.80. The molecule has 0 radical (unpaired) electrons. The number of fused-ring (bicyclic) bond motifs is 4. The molecule has 0 bridgehead atoms. The molecule has 18 heavy (non-hydrogen) atoms. The molecule has 4 aromatic rings. The largest absolute Gasteiger partial charge is 0.456 e. The fourth-order valence-electron chi connectivity index (χ4n) is 2.44. The van der Waals surface area contributed by atoms with E-state index < -0.39 is 0 Å². The predicted octanol–water partition coefficient (Wildman–Crippen LogP) is 5.50. The monoisotopic (exact) mass is 296 g/mol. The minimum Gasteiger partial charge on any atom is -0.456 e. The van der Waals surface area contributed by atoms with E-state index in [1.165, 1.54) is 21.5 Å². The summed E-state index contributed by atoms with van der Waals surface area (Å²) < 4.78 is 6.95. The maximum absolute atomic E-state index is 5.91. The molecule has 0 saturated heterocycles. The van der Waals surface area contributed by atoms with Gasteiger partial charge in [-0.1, -0.05) is 40.2 Å². The Morgan fingerprint density at radius 2 is 1.44 bits per heavy atom. The van der Waals surface area contributed by atoms with Crippen molar-refractivity contribution >= 4 is 48.6 Å². The van der Waals surface area contributed by atoms with Crippen molar-refractivity contribution in [3.8, 4) is 0 Å². The average molecular weight is 297 g/mol. The summed E-state index contributed by atoms with van der Waals surface area (Å²) in [6, 6.07) is 18.8. The number of halogens is 1. The third-order valence-corrected chi connectivity index (χ3v) is 3.79. The van der Waals surface area contributed by atoms with Crippen LogP contribution in [0.1, 0.15) is 0 Å². The van der Waals surface area contributed by atoms with Gasteiger partial charge in [0.25, 0.3) is 0 Å². The minimum atomic E-state index is 0.926. The Balaban J connectivity index is 2.23. The summed E-state index contributed by atoms with van der Waals surface area (Å²) in [4.78, 5) is 0. The minimum absolute atomic E-state index is 0.926. The van der Waals surface area contributed by atoms with Gasteiger partial charge in [-0.2, -0.15) is 0 Å². The van der Waals surface area contributed by atoms with Gasteiger partial charge in [0.1, 0.15) is 11.2 Å². The van der Waals surface area contributed by atoms with E-state index in [1.54, 1.807) is 0 Å². The molecule has 0 N–H and O–H groups in total. The smallest absolute Gasteiger partial charge is 0.136 e. The maximum atomic E-state index is 5.91. The molecule has 0 amide bonds. The van der Waals surface area contributed by atoms with Crippen LogP contribution >= 0.6 is 15.9 Å². The van der Waals surface area contributed by atoms with E-state index in [-0.39, 0.29) is 0 Å². The van der Waals surface area contributed by atoms with Crippen molar-refractivity contribution in [3.63, 3.8) is 0 Å². The van der Waals surface area contributed by atoms with E-state index in [9.17, 15) is 0 Å². The molecule has 0 aliphatic heterocycles. The second kappa shape index (κ2) is 3.59. The lowest BCUT2D eigenvalue weighted by Gasteiger charge is -1.96. The highest BCUT2D eigenvalue weighted by Crippen LogP contribution is 2.33. The van der Waals surface area contributed by atoms with Crippen LogP contribution < -0.4 is 0 Å². The topological polar surface area (TPSA) is 13.1 Å². The molecule has 1 nitrogen and oxygen atoms in total. The highest BCUT2D eigenvalue weighted by molar-refractivity contribution is 9.10. The molecular weight excluding hydrogens is 288 g/mol. The Bertz CT molecular complexity index is 889. The van der Waals surface area contributed by atoms with E-state index >= 15 is 0 Å². The molecule has 0 aliphatic carbocycles. The van der Waals surface area contributed by atoms with E-state index in [1.807, 2.05) is 18.2 Å². The van der Waals surface area contributed by atoms with Crippen LogP contribution in [0.2, 0.25) is 0 Å². The lowest BCUT2D eigenvalue weighted by atomic mass is 10.1. The molecular formula is C16H9BrO. The molecule has 0 fully saturated rings. The van der Waals surface area contributed by atoms with Gasteiger partial charge in [0, 0.05) is 15.2 Å². The van der Waals surface area contributed by atoms with Crippen LogP contribution in [0.25, 0.3) is 32.7 Å². The van der Waals surface area contributed by atoms with Crippen molar-refractivity contribution in [1.29, 1.82) is 0 Å². The van der Waals surface area contributed by atoms with Gasteiger partial charge in [0.15, 0.2) is 0 Å². The number of benzene rings is 3. The molecule has 0 spiro atoms. The summed E-state index contributed by atoms with van der Waals surface area (Å²) >= 11 is 3.47. The second-order valence-corrected chi connectivity index (χ2v) is 5.35. The molecule has 3 aromatic carbocycles. The lowest BCUT2D eigenvalue weighted by Crippen LogP contribution is -1.72. The predicted molar refractivity (Wildman–Crippen MR) is 78.9 cm³/mol. The molecule has 1 heterocycles. The summed E-state index contributed by atoms with van der Waals surface area (Å²) in [6.45, 7) is 0. The normalized spacial score (nSPS) is 11.6. The Kier molecular flexibility index (Phi) is 2.03. The van der Waals surface area contributed by atoms with Crippen molar-refractivity contribution in [2.24, 2.45) is 0 Å². The summed E-state index contributed by atoms with van der Waals surface area (Å²) in [7, 11) is 0. The molecule has 86 valence electrons. The highest BCUT2D eigenvalue weighted by atomic mass is 79.9. The van der Waals surface area contributed by atoms with E-state index in [4.69, 9.17) is 4.42 Å². The van der Waals surface area contributed by atoms with Gasteiger partial charge < -0.3 is 4.42 Å². The highest BCUT2D eigenvalue weighted by Gasteiger charge is 2.08. The van der Waals surface area contributed by atoms with Crippen LogP contribution in [-0.2, 0) is 0 Å². The van der Waals surface area contributed by atoms with E-state index in [0.717, 1.165) is 15.6 Å². The number of furan rings is 1. The van der Waals surface area contributed by atoms with Crippen molar-refractivity contribution in [3.05, 3.63) is 59.1 Å². The van der Waals surface area contributed by atoms with Crippen LogP contribution in [-0.4, -0.2) is 0 Å². The SMILES string of the molecule is Brc1ccc2c(c1)oc1cc3ccccc3cc12. The van der Waals surface area contributed by atoms with Gasteiger partial charge in [-0.05, 0) is 41.1 Å². The van der Waals surface area contributed by atoms with Crippen molar-refractivity contribution < 1.29 is 4.42 Å².